The van der Waals surface area contributed by atoms with Crippen LogP contribution in [0, 0.1) is 18.3 Å². The third kappa shape index (κ3) is 3.32. The van der Waals surface area contributed by atoms with Gasteiger partial charge in [-0.2, -0.15) is 5.26 Å². The summed E-state index contributed by atoms with van der Waals surface area (Å²) in [7, 11) is 0. The molecule has 0 amide bonds. The van der Waals surface area contributed by atoms with Crippen molar-refractivity contribution < 1.29 is 14.2 Å². The summed E-state index contributed by atoms with van der Waals surface area (Å²) in [6.07, 6.45) is 1.62. The maximum Gasteiger partial charge on any atom is 0.244 e. The summed E-state index contributed by atoms with van der Waals surface area (Å²) >= 11 is 6.47. The number of hydrogen-bond donors (Lipinski definition) is 2. The Balaban J connectivity index is 2.19. The van der Waals surface area contributed by atoms with Crippen molar-refractivity contribution in [1.29, 1.82) is 5.26 Å². The lowest BCUT2D eigenvalue weighted by atomic mass is 9.84. The second-order valence-corrected chi connectivity index (χ2v) is 6.26. The van der Waals surface area contributed by atoms with Gasteiger partial charge in [0.15, 0.2) is 11.5 Å². The molecule has 0 spiro atoms. The van der Waals surface area contributed by atoms with Crippen molar-refractivity contribution in [2.24, 2.45) is 5.73 Å². The zero-order valence-corrected chi connectivity index (χ0v) is 15.8. The smallest absolute Gasteiger partial charge is 0.244 e. The van der Waals surface area contributed by atoms with Crippen LogP contribution < -0.4 is 19.9 Å². The Hall–Kier alpha value is -3.11. The predicted molar refractivity (Wildman–Crippen MR) is 101 cm³/mol. The molecule has 1 aliphatic rings. The number of benzene rings is 1. The first-order chi connectivity index (χ1) is 13.0. The van der Waals surface area contributed by atoms with Gasteiger partial charge in [-0.3, -0.25) is 5.10 Å². The maximum absolute atomic E-state index is 9.66. The van der Waals surface area contributed by atoms with Gasteiger partial charge in [0.2, 0.25) is 11.8 Å². The number of fused-ring (bicyclic) bond motifs is 1. The monoisotopic (exact) mass is 386 g/mol. The second-order valence-electron chi connectivity index (χ2n) is 5.85. The molecular formula is C19H19ClN4O3. The van der Waals surface area contributed by atoms with E-state index in [1.165, 1.54) is 0 Å². The molecule has 0 saturated carbocycles. The van der Waals surface area contributed by atoms with Gasteiger partial charge < -0.3 is 19.9 Å². The molecule has 0 bridgehead atoms. The number of H-pyrrole nitrogens is 1. The number of aromatic amines is 1. The lowest BCUT2D eigenvalue weighted by Gasteiger charge is -2.25. The van der Waals surface area contributed by atoms with Crippen molar-refractivity contribution in [3.05, 3.63) is 58.1 Å². The Labute approximate surface area is 162 Å². The maximum atomic E-state index is 9.66. The normalized spacial score (nSPS) is 15.6. The zero-order valence-electron chi connectivity index (χ0n) is 15.0. The number of allylic oxidation sites excluding steroid dienone is 1. The third-order valence-electron chi connectivity index (χ3n) is 4.14. The van der Waals surface area contributed by atoms with Crippen molar-refractivity contribution in [2.45, 2.75) is 19.8 Å². The topological polar surface area (TPSA) is 106 Å². The van der Waals surface area contributed by atoms with Crippen LogP contribution >= 0.6 is 11.6 Å². The first-order valence-electron chi connectivity index (χ1n) is 8.34. The van der Waals surface area contributed by atoms with Crippen LogP contribution in [0.15, 0.2) is 36.2 Å². The number of halogens is 1. The summed E-state index contributed by atoms with van der Waals surface area (Å²) in [5.74, 6) is 0.779. The van der Waals surface area contributed by atoms with Gasteiger partial charge in [-0.1, -0.05) is 24.3 Å². The summed E-state index contributed by atoms with van der Waals surface area (Å²) in [6.45, 7) is 8.07. The summed E-state index contributed by atoms with van der Waals surface area (Å²) in [5, 5.41) is 17.0. The average Bonchev–Trinajstić information content (AvgIpc) is 3.00. The van der Waals surface area contributed by atoms with Crippen molar-refractivity contribution in [2.75, 3.05) is 13.2 Å². The average molecular weight is 387 g/mol. The molecule has 2 aromatic rings. The Kier molecular flexibility index (Phi) is 5.28. The summed E-state index contributed by atoms with van der Waals surface area (Å²) in [4.78, 5) is 0. The van der Waals surface area contributed by atoms with Crippen LogP contribution in [0.3, 0.4) is 0 Å². The predicted octanol–water partition coefficient (Wildman–Crippen LogP) is 3.55. The molecule has 2 heterocycles. The molecule has 1 aliphatic heterocycles. The van der Waals surface area contributed by atoms with Crippen LogP contribution in [0.1, 0.15) is 29.7 Å². The second kappa shape index (κ2) is 7.64. The third-order valence-corrected chi connectivity index (χ3v) is 4.42. The summed E-state index contributed by atoms with van der Waals surface area (Å²) in [6, 6.07) is 5.67. The first kappa shape index (κ1) is 18.7. The molecule has 140 valence electrons. The van der Waals surface area contributed by atoms with Crippen molar-refractivity contribution >= 4 is 11.6 Å². The lowest BCUT2D eigenvalue weighted by Crippen LogP contribution is -2.21. The van der Waals surface area contributed by atoms with Crippen LogP contribution in [-0.4, -0.2) is 23.4 Å². The number of aryl methyl sites for hydroxylation is 1. The van der Waals surface area contributed by atoms with E-state index in [1.807, 2.05) is 13.8 Å². The number of aromatic nitrogens is 2. The number of nitrogens with two attached hydrogens (primary N) is 1. The van der Waals surface area contributed by atoms with Gasteiger partial charge >= 0.3 is 0 Å². The molecule has 1 unspecified atom stereocenters. The molecule has 0 fully saturated rings. The fourth-order valence-electron chi connectivity index (χ4n) is 3.03. The highest BCUT2D eigenvalue weighted by molar-refractivity contribution is 6.32. The quantitative estimate of drug-likeness (QED) is 0.735. The van der Waals surface area contributed by atoms with Crippen LogP contribution in [0.25, 0.3) is 0 Å². The van der Waals surface area contributed by atoms with Gasteiger partial charge in [0.1, 0.15) is 18.2 Å². The minimum Gasteiger partial charge on any atom is -0.490 e. The number of nitrogens with one attached hydrogen (secondary N) is 1. The molecule has 3 N–H and O–H groups in total. The van der Waals surface area contributed by atoms with E-state index in [0.717, 1.165) is 16.8 Å². The fourth-order valence-corrected chi connectivity index (χ4v) is 3.31. The van der Waals surface area contributed by atoms with Crippen molar-refractivity contribution in [3.63, 3.8) is 0 Å². The molecule has 1 aromatic carbocycles. The van der Waals surface area contributed by atoms with Gasteiger partial charge in [0, 0.05) is 11.3 Å². The van der Waals surface area contributed by atoms with Gasteiger partial charge in [0.25, 0.3) is 0 Å². The van der Waals surface area contributed by atoms with E-state index in [9.17, 15) is 5.26 Å². The van der Waals surface area contributed by atoms with Gasteiger partial charge in [-0.15, -0.1) is 5.10 Å². The molecule has 0 radical (unpaired) electrons. The number of rotatable bonds is 6. The highest BCUT2D eigenvalue weighted by atomic mass is 35.5. The highest BCUT2D eigenvalue weighted by Gasteiger charge is 2.35. The van der Waals surface area contributed by atoms with E-state index in [0.29, 0.717) is 29.0 Å². The van der Waals surface area contributed by atoms with Gasteiger partial charge in [-0.05, 0) is 31.5 Å². The molecule has 7 nitrogen and oxygen atoms in total. The highest BCUT2D eigenvalue weighted by Crippen LogP contribution is 2.46. The zero-order chi connectivity index (χ0) is 19.6. The molecule has 0 saturated heterocycles. The molecular weight excluding hydrogens is 368 g/mol. The number of hydrogen-bond acceptors (Lipinski definition) is 6. The molecule has 0 aliphatic carbocycles. The van der Waals surface area contributed by atoms with Crippen LogP contribution in [0.4, 0.5) is 0 Å². The van der Waals surface area contributed by atoms with E-state index in [-0.39, 0.29) is 18.1 Å². The van der Waals surface area contributed by atoms with Gasteiger partial charge in [0.05, 0.1) is 17.5 Å². The molecule has 8 heteroatoms. The van der Waals surface area contributed by atoms with Gasteiger partial charge in [-0.25, -0.2) is 0 Å². The number of nitriles is 1. The van der Waals surface area contributed by atoms with E-state index in [1.54, 1.807) is 18.2 Å². The van der Waals surface area contributed by atoms with E-state index >= 15 is 0 Å². The standard InChI is InChI=1S/C19H19ClN4O3/c1-4-6-26-17-13(20)7-11(8-14(17)25-5-2)16-12(9-21)18(22)27-19-15(16)10(3)23-24-19/h4,7-8,16H,1,5-6,22H2,2-3H3,(H,23,24). The van der Waals surface area contributed by atoms with Crippen LogP contribution in [-0.2, 0) is 0 Å². The molecule has 27 heavy (non-hydrogen) atoms. The molecule has 1 aromatic heterocycles. The Morgan fingerprint density at radius 2 is 2.26 bits per heavy atom. The Morgan fingerprint density at radius 1 is 1.48 bits per heavy atom. The minimum absolute atomic E-state index is 0.0163. The molecule has 3 rings (SSSR count). The Bertz CT molecular complexity index is 959. The molecule has 1 atom stereocenters. The van der Waals surface area contributed by atoms with Crippen LogP contribution in [0.5, 0.6) is 17.4 Å². The van der Waals surface area contributed by atoms with Crippen LogP contribution in [0.2, 0.25) is 5.02 Å². The minimum atomic E-state index is -0.484. The SMILES string of the molecule is C=CCOc1c(Cl)cc(C2C(C#N)=C(N)Oc3n[nH]c(C)c32)cc1OCC. The summed E-state index contributed by atoms with van der Waals surface area (Å²) < 4.78 is 16.8. The number of nitrogens with zero attached hydrogens (tertiary/aromatic N) is 2. The van der Waals surface area contributed by atoms with E-state index in [2.05, 4.69) is 22.8 Å². The fraction of sp³-hybridized carbons (Fsp3) is 0.263. The number of ether oxygens (including phenoxy) is 3. The summed E-state index contributed by atoms with van der Waals surface area (Å²) in [5.41, 5.74) is 8.47. The van der Waals surface area contributed by atoms with Crippen molar-refractivity contribution in [1.82, 2.24) is 10.2 Å². The van der Waals surface area contributed by atoms with E-state index < -0.39 is 5.92 Å². The van der Waals surface area contributed by atoms with Crippen molar-refractivity contribution in [3.8, 4) is 23.4 Å². The Morgan fingerprint density at radius 3 is 2.93 bits per heavy atom. The first-order valence-corrected chi connectivity index (χ1v) is 8.71. The lowest BCUT2D eigenvalue weighted by molar-refractivity contribution is 0.296. The van der Waals surface area contributed by atoms with E-state index in [4.69, 9.17) is 31.5 Å². The largest absolute Gasteiger partial charge is 0.490 e.